The van der Waals surface area contributed by atoms with E-state index in [9.17, 15) is 0 Å². The van der Waals surface area contributed by atoms with Crippen LogP contribution in [0.4, 0.5) is 0 Å². The number of hydrogen-bond acceptors (Lipinski definition) is 2. The number of rotatable bonds is 7. The molecular weight excluding hydrogens is 272 g/mol. The van der Waals surface area contributed by atoms with Crippen LogP contribution in [0.2, 0.25) is 0 Å². The van der Waals surface area contributed by atoms with Gasteiger partial charge in [-0.25, -0.2) is 0 Å². The van der Waals surface area contributed by atoms with E-state index in [2.05, 4.69) is 62.4 Å². The van der Waals surface area contributed by atoms with Gasteiger partial charge in [-0.1, -0.05) is 74.5 Å². The van der Waals surface area contributed by atoms with Gasteiger partial charge in [0, 0.05) is 14.2 Å². The van der Waals surface area contributed by atoms with Crippen LogP contribution in [-0.2, 0) is 20.7 Å². The van der Waals surface area contributed by atoms with E-state index in [1.54, 1.807) is 14.2 Å². The van der Waals surface area contributed by atoms with Crippen LogP contribution in [0.15, 0.2) is 60.7 Å². The lowest BCUT2D eigenvalue weighted by Gasteiger charge is -2.49. The number of hydrogen-bond donors (Lipinski definition) is 0. The summed E-state index contributed by atoms with van der Waals surface area (Å²) in [5, 5.41) is 0. The monoisotopic (exact) mass is 298 g/mol. The SMILES string of the molecule is CC[C@](OC)(c1ccccc1)[C@](CC)(OC)c1ccccc1. The van der Waals surface area contributed by atoms with E-state index in [0.717, 1.165) is 24.0 Å². The summed E-state index contributed by atoms with van der Waals surface area (Å²) in [5.41, 5.74) is 1.23. The molecule has 0 aliphatic rings. The van der Waals surface area contributed by atoms with Crippen molar-refractivity contribution in [1.82, 2.24) is 0 Å². The highest BCUT2D eigenvalue weighted by Gasteiger charge is 2.52. The average molecular weight is 298 g/mol. The predicted molar refractivity (Wildman–Crippen MR) is 90.8 cm³/mol. The Kier molecular flexibility index (Phi) is 5.38. The molecular formula is C20H26O2. The minimum Gasteiger partial charge on any atom is -0.370 e. The number of ether oxygens (including phenoxy) is 2. The van der Waals surface area contributed by atoms with Crippen LogP contribution in [0, 0.1) is 0 Å². The molecule has 2 rings (SSSR count). The van der Waals surface area contributed by atoms with Gasteiger partial charge in [0.05, 0.1) is 0 Å². The van der Waals surface area contributed by atoms with Crippen LogP contribution >= 0.6 is 0 Å². The molecule has 0 saturated carbocycles. The van der Waals surface area contributed by atoms with Crippen LogP contribution in [-0.4, -0.2) is 14.2 Å². The number of methoxy groups -OCH3 is 2. The summed E-state index contributed by atoms with van der Waals surface area (Å²) in [4.78, 5) is 0. The Morgan fingerprint density at radius 1 is 0.636 bits per heavy atom. The first kappa shape index (κ1) is 16.7. The molecule has 0 aliphatic heterocycles. The van der Waals surface area contributed by atoms with Gasteiger partial charge in [-0.15, -0.1) is 0 Å². The molecule has 0 bridgehead atoms. The second kappa shape index (κ2) is 7.08. The molecule has 0 spiro atoms. The van der Waals surface area contributed by atoms with Crippen LogP contribution in [0.25, 0.3) is 0 Å². The van der Waals surface area contributed by atoms with Gasteiger partial charge in [-0.05, 0) is 24.0 Å². The van der Waals surface area contributed by atoms with Gasteiger partial charge in [-0.3, -0.25) is 0 Å². The lowest BCUT2D eigenvalue weighted by Crippen LogP contribution is -2.51. The van der Waals surface area contributed by atoms with E-state index in [-0.39, 0.29) is 0 Å². The van der Waals surface area contributed by atoms with Crippen LogP contribution in [0.1, 0.15) is 37.8 Å². The predicted octanol–water partition coefficient (Wildman–Crippen LogP) is 4.89. The van der Waals surface area contributed by atoms with E-state index >= 15 is 0 Å². The van der Waals surface area contributed by atoms with Crippen LogP contribution in [0.5, 0.6) is 0 Å². The van der Waals surface area contributed by atoms with Crippen molar-refractivity contribution >= 4 is 0 Å². The van der Waals surface area contributed by atoms with Crippen molar-refractivity contribution in [3.8, 4) is 0 Å². The quantitative estimate of drug-likeness (QED) is 0.724. The van der Waals surface area contributed by atoms with Crippen molar-refractivity contribution in [1.29, 1.82) is 0 Å². The minimum absolute atomic E-state index is 0.529. The lowest BCUT2D eigenvalue weighted by molar-refractivity contribution is -0.203. The van der Waals surface area contributed by atoms with Crippen LogP contribution in [0.3, 0.4) is 0 Å². The molecule has 2 heteroatoms. The zero-order chi connectivity index (χ0) is 16.1. The average Bonchev–Trinajstić information content (AvgIpc) is 2.61. The Bertz CT molecular complexity index is 501. The standard InChI is InChI=1S/C20H26O2/c1-5-19(21-3,17-13-9-7-10-14-17)20(6-2,22-4)18-15-11-8-12-16-18/h7-16H,5-6H2,1-4H3/t19-,20+. The zero-order valence-electron chi connectivity index (χ0n) is 14.0. The first-order chi connectivity index (χ1) is 10.7. The molecule has 0 N–H and O–H groups in total. The van der Waals surface area contributed by atoms with E-state index in [0.29, 0.717) is 0 Å². The fraction of sp³-hybridized carbons (Fsp3) is 0.400. The van der Waals surface area contributed by atoms with Crippen molar-refractivity contribution in [2.24, 2.45) is 0 Å². The molecule has 2 aromatic carbocycles. The third kappa shape index (κ3) is 2.47. The Balaban J connectivity index is 2.71. The van der Waals surface area contributed by atoms with Crippen LogP contribution < -0.4 is 0 Å². The second-order valence-corrected chi connectivity index (χ2v) is 5.50. The van der Waals surface area contributed by atoms with Gasteiger partial charge in [0.2, 0.25) is 0 Å². The van der Waals surface area contributed by atoms with Gasteiger partial charge in [0.1, 0.15) is 11.2 Å². The van der Waals surface area contributed by atoms with E-state index < -0.39 is 11.2 Å². The number of benzene rings is 2. The second-order valence-electron chi connectivity index (χ2n) is 5.50. The Hall–Kier alpha value is -1.64. The first-order valence-corrected chi connectivity index (χ1v) is 7.92. The summed E-state index contributed by atoms with van der Waals surface area (Å²) in [6, 6.07) is 20.8. The van der Waals surface area contributed by atoms with Crippen molar-refractivity contribution < 1.29 is 9.47 Å². The lowest BCUT2D eigenvalue weighted by atomic mass is 9.70. The summed E-state index contributed by atoms with van der Waals surface area (Å²) in [6.45, 7) is 4.31. The summed E-state index contributed by atoms with van der Waals surface area (Å²) < 4.78 is 12.3. The molecule has 2 atom stereocenters. The molecule has 0 radical (unpaired) electrons. The normalized spacial score (nSPS) is 16.7. The molecule has 0 amide bonds. The molecule has 0 aliphatic carbocycles. The highest BCUT2D eigenvalue weighted by molar-refractivity contribution is 5.34. The Morgan fingerprint density at radius 3 is 1.18 bits per heavy atom. The van der Waals surface area contributed by atoms with Crippen molar-refractivity contribution in [2.75, 3.05) is 14.2 Å². The minimum atomic E-state index is -0.529. The molecule has 22 heavy (non-hydrogen) atoms. The molecule has 0 saturated heterocycles. The van der Waals surface area contributed by atoms with E-state index in [1.807, 2.05) is 12.1 Å². The summed E-state index contributed by atoms with van der Waals surface area (Å²) in [5.74, 6) is 0. The molecule has 2 aromatic rings. The van der Waals surface area contributed by atoms with Crippen molar-refractivity contribution in [3.05, 3.63) is 71.8 Å². The van der Waals surface area contributed by atoms with Gasteiger partial charge in [-0.2, -0.15) is 0 Å². The highest BCUT2D eigenvalue weighted by Crippen LogP contribution is 2.50. The van der Waals surface area contributed by atoms with Crippen molar-refractivity contribution in [3.63, 3.8) is 0 Å². The third-order valence-electron chi connectivity index (χ3n) is 4.83. The molecule has 0 fully saturated rings. The molecule has 2 nitrogen and oxygen atoms in total. The molecule has 0 heterocycles. The fourth-order valence-corrected chi connectivity index (χ4v) is 3.71. The zero-order valence-corrected chi connectivity index (χ0v) is 14.0. The van der Waals surface area contributed by atoms with Gasteiger partial charge in [0.15, 0.2) is 0 Å². The molecule has 118 valence electrons. The Morgan fingerprint density at radius 2 is 0.955 bits per heavy atom. The topological polar surface area (TPSA) is 18.5 Å². The third-order valence-corrected chi connectivity index (χ3v) is 4.83. The molecule has 0 unspecified atom stereocenters. The van der Waals surface area contributed by atoms with Crippen molar-refractivity contribution in [2.45, 2.75) is 37.9 Å². The summed E-state index contributed by atoms with van der Waals surface area (Å²) >= 11 is 0. The Labute approximate surface area is 134 Å². The largest absolute Gasteiger partial charge is 0.370 e. The summed E-state index contributed by atoms with van der Waals surface area (Å²) in [6.07, 6.45) is 1.65. The maximum Gasteiger partial charge on any atom is 0.125 e. The summed E-state index contributed by atoms with van der Waals surface area (Å²) in [7, 11) is 3.56. The maximum absolute atomic E-state index is 6.15. The first-order valence-electron chi connectivity index (χ1n) is 7.92. The smallest absolute Gasteiger partial charge is 0.125 e. The van der Waals surface area contributed by atoms with Gasteiger partial charge < -0.3 is 9.47 Å². The van der Waals surface area contributed by atoms with E-state index in [4.69, 9.17) is 9.47 Å². The fourth-order valence-electron chi connectivity index (χ4n) is 3.71. The molecule has 0 aromatic heterocycles. The van der Waals surface area contributed by atoms with Gasteiger partial charge in [0.25, 0.3) is 0 Å². The van der Waals surface area contributed by atoms with Gasteiger partial charge >= 0.3 is 0 Å². The van der Waals surface area contributed by atoms with E-state index in [1.165, 1.54) is 0 Å². The maximum atomic E-state index is 6.15. The highest BCUT2D eigenvalue weighted by atomic mass is 16.5.